The Morgan fingerprint density at radius 1 is 0.969 bits per heavy atom. The van der Waals surface area contributed by atoms with E-state index < -0.39 is 0 Å². The lowest BCUT2D eigenvalue weighted by molar-refractivity contribution is -0.116. The molecule has 3 aromatic carbocycles. The normalized spacial score (nSPS) is 17.2. The maximum absolute atomic E-state index is 13.3. The summed E-state index contributed by atoms with van der Waals surface area (Å²) >= 11 is 1.52. The first kappa shape index (κ1) is 20.5. The fourth-order valence-corrected chi connectivity index (χ4v) is 4.78. The summed E-state index contributed by atoms with van der Waals surface area (Å²) in [7, 11) is 0. The Morgan fingerprint density at radius 2 is 1.72 bits per heavy atom. The molecule has 0 aliphatic carbocycles. The number of nitrogens with zero attached hydrogens (tertiary/aromatic N) is 3. The van der Waals surface area contributed by atoms with E-state index in [1.807, 2.05) is 24.3 Å². The molecule has 0 radical (unpaired) electrons. The van der Waals surface area contributed by atoms with Crippen LogP contribution in [0.15, 0.2) is 76.8 Å². The third-order valence-electron chi connectivity index (χ3n) is 5.72. The van der Waals surface area contributed by atoms with Crippen LogP contribution in [-0.2, 0) is 10.5 Å². The van der Waals surface area contributed by atoms with Crippen LogP contribution < -0.4 is 15.9 Å². The summed E-state index contributed by atoms with van der Waals surface area (Å²) < 4.78 is 0. The number of nitrogens with one attached hydrogen (secondary N) is 1. The molecule has 5 rings (SSSR count). The van der Waals surface area contributed by atoms with Gasteiger partial charge in [-0.3, -0.25) is 15.1 Å². The largest absolute Gasteiger partial charge is 0.298 e. The molecule has 0 saturated carbocycles. The molecule has 32 heavy (non-hydrogen) atoms. The predicted molar refractivity (Wildman–Crippen MR) is 129 cm³/mol. The van der Waals surface area contributed by atoms with Gasteiger partial charge in [0.2, 0.25) is 0 Å². The Balaban J connectivity index is 1.58. The van der Waals surface area contributed by atoms with E-state index in [9.17, 15) is 4.79 Å². The summed E-state index contributed by atoms with van der Waals surface area (Å²) in [6.07, 6.45) is -0.388. The second-order valence-electron chi connectivity index (χ2n) is 8.21. The summed E-state index contributed by atoms with van der Waals surface area (Å²) in [6.45, 7) is 6.22. The topological polar surface area (TPSA) is 57.1 Å². The minimum absolute atomic E-state index is 0.149. The van der Waals surface area contributed by atoms with Crippen molar-refractivity contribution in [1.82, 2.24) is 10.3 Å². The fourth-order valence-electron chi connectivity index (χ4n) is 3.97. The summed E-state index contributed by atoms with van der Waals surface area (Å²) in [5, 5.41) is 11.8. The molecule has 6 heteroatoms. The molecular weight excluding hydrogens is 416 g/mol. The minimum atomic E-state index is -0.388. The molecular formula is C26H24N4OS. The summed E-state index contributed by atoms with van der Waals surface area (Å²) in [6, 6.07) is 22.5. The molecule has 2 aliphatic rings. The van der Waals surface area contributed by atoms with E-state index in [0.29, 0.717) is 10.9 Å². The lowest BCUT2D eigenvalue weighted by atomic mass is 10.0. The number of amidine groups is 1. The van der Waals surface area contributed by atoms with Crippen LogP contribution in [0.3, 0.4) is 0 Å². The van der Waals surface area contributed by atoms with Crippen molar-refractivity contribution in [2.24, 2.45) is 10.1 Å². The molecule has 2 heterocycles. The molecule has 0 aromatic heterocycles. The van der Waals surface area contributed by atoms with Gasteiger partial charge in [0.15, 0.2) is 11.3 Å². The van der Waals surface area contributed by atoms with E-state index in [-0.39, 0.29) is 12.1 Å². The molecule has 0 fully saturated rings. The Hall–Kier alpha value is -3.38. The van der Waals surface area contributed by atoms with E-state index in [1.54, 1.807) is 5.01 Å². The zero-order chi connectivity index (χ0) is 22.2. The third-order valence-corrected chi connectivity index (χ3v) is 6.66. The number of hydrogen-bond acceptors (Lipinski definition) is 5. The van der Waals surface area contributed by atoms with Crippen LogP contribution in [0.1, 0.15) is 34.0 Å². The number of para-hydroxylation sites is 1. The number of amides is 1. The van der Waals surface area contributed by atoms with Crippen molar-refractivity contribution in [2.75, 3.05) is 0 Å². The van der Waals surface area contributed by atoms with Gasteiger partial charge >= 0.3 is 0 Å². The Kier molecular flexibility index (Phi) is 5.31. The van der Waals surface area contributed by atoms with E-state index in [1.165, 1.54) is 22.9 Å². The average molecular weight is 441 g/mol. The number of rotatable bonds is 3. The van der Waals surface area contributed by atoms with Gasteiger partial charge in [-0.1, -0.05) is 83.6 Å². The maximum atomic E-state index is 13.3. The summed E-state index contributed by atoms with van der Waals surface area (Å²) in [5.74, 6) is 0.578. The van der Waals surface area contributed by atoms with Gasteiger partial charge in [-0.15, -0.1) is 5.10 Å². The molecule has 0 unspecified atom stereocenters. The highest BCUT2D eigenvalue weighted by Gasteiger charge is 2.35. The second-order valence-corrected chi connectivity index (χ2v) is 9.17. The van der Waals surface area contributed by atoms with Gasteiger partial charge in [-0.05, 0) is 38.0 Å². The Labute approximate surface area is 191 Å². The van der Waals surface area contributed by atoms with Crippen LogP contribution in [-0.4, -0.2) is 16.1 Å². The second kappa shape index (κ2) is 8.28. The smallest absolute Gasteiger partial charge is 0.276 e. The third kappa shape index (κ3) is 3.82. The molecule has 1 amide bonds. The quantitative estimate of drug-likeness (QED) is 0.676. The number of carbonyl (C=O) groups is 1. The molecule has 0 bridgehead atoms. The molecule has 2 aliphatic heterocycles. The van der Waals surface area contributed by atoms with E-state index in [0.717, 1.165) is 33.0 Å². The van der Waals surface area contributed by atoms with E-state index in [4.69, 9.17) is 10.1 Å². The number of aryl methyl sites for hydroxylation is 3. The zero-order valence-corrected chi connectivity index (χ0v) is 19.1. The van der Waals surface area contributed by atoms with Crippen molar-refractivity contribution < 1.29 is 4.79 Å². The number of benzene rings is 3. The Morgan fingerprint density at radius 3 is 2.53 bits per heavy atom. The van der Waals surface area contributed by atoms with Gasteiger partial charge in [0.1, 0.15) is 5.70 Å². The van der Waals surface area contributed by atoms with Crippen molar-refractivity contribution in [2.45, 2.75) is 32.7 Å². The van der Waals surface area contributed by atoms with E-state index in [2.05, 4.69) is 68.6 Å². The minimum Gasteiger partial charge on any atom is -0.298 e. The summed E-state index contributed by atoms with van der Waals surface area (Å²) in [4.78, 5) is 18.3. The van der Waals surface area contributed by atoms with Crippen molar-refractivity contribution in [1.29, 1.82) is 0 Å². The molecule has 1 N–H and O–H groups in total. The van der Waals surface area contributed by atoms with Gasteiger partial charge in [-0.2, -0.15) is 0 Å². The van der Waals surface area contributed by atoms with Crippen LogP contribution in [0.4, 0.5) is 0 Å². The lowest BCUT2D eigenvalue weighted by Crippen LogP contribution is -2.50. The molecule has 160 valence electrons. The Bertz CT molecular complexity index is 1360. The fraction of sp³-hybridized carbons (Fsp3) is 0.192. The first-order valence-electron chi connectivity index (χ1n) is 10.6. The zero-order valence-electron chi connectivity index (χ0n) is 18.3. The van der Waals surface area contributed by atoms with Crippen molar-refractivity contribution in [3.8, 4) is 0 Å². The maximum Gasteiger partial charge on any atom is 0.276 e. The predicted octanol–water partition coefficient (Wildman–Crippen LogP) is 3.69. The number of hydrogen-bond donors (Lipinski definition) is 1. The first-order chi connectivity index (χ1) is 15.5. The standard InChI is InChI=1S/C26H24N4OS/c1-16-9-12-19(13-10-16)15-32-26-28-25(31)23-20-6-4-5-7-22(20)27-24(30(23)29-26)21-14-17(2)8-11-18(21)3/h4-14,24H,15H2,1-3H3,(H,28,29,31)/t24-/m0/s1. The monoisotopic (exact) mass is 440 g/mol. The molecule has 5 nitrogen and oxygen atoms in total. The van der Waals surface area contributed by atoms with Crippen LogP contribution in [0.5, 0.6) is 0 Å². The van der Waals surface area contributed by atoms with Gasteiger partial charge in [-0.25, -0.2) is 5.01 Å². The highest BCUT2D eigenvalue weighted by Crippen LogP contribution is 2.33. The molecule has 3 aromatic rings. The number of carbonyl (C=O) groups excluding carboxylic acids is 1. The van der Waals surface area contributed by atoms with Gasteiger partial charge < -0.3 is 0 Å². The highest BCUT2D eigenvalue weighted by atomic mass is 32.2. The van der Waals surface area contributed by atoms with Crippen LogP contribution in [0.25, 0.3) is 5.70 Å². The first-order valence-corrected chi connectivity index (χ1v) is 11.6. The van der Waals surface area contributed by atoms with Crippen molar-refractivity contribution in [3.05, 3.63) is 105 Å². The van der Waals surface area contributed by atoms with Crippen molar-refractivity contribution in [3.63, 3.8) is 0 Å². The number of fused-ring (bicyclic) bond motifs is 2. The van der Waals surface area contributed by atoms with Gasteiger partial charge in [0.25, 0.3) is 5.91 Å². The average Bonchev–Trinajstić information content (AvgIpc) is 2.79. The van der Waals surface area contributed by atoms with Gasteiger partial charge in [0.05, 0.1) is 5.36 Å². The van der Waals surface area contributed by atoms with E-state index >= 15 is 0 Å². The highest BCUT2D eigenvalue weighted by molar-refractivity contribution is 8.13. The number of thioether (sulfide) groups is 1. The van der Waals surface area contributed by atoms with Gasteiger partial charge in [0, 0.05) is 16.5 Å². The van der Waals surface area contributed by atoms with Crippen LogP contribution in [0.2, 0.25) is 0 Å². The van der Waals surface area contributed by atoms with Crippen molar-refractivity contribution >= 4 is 28.5 Å². The summed E-state index contributed by atoms with van der Waals surface area (Å²) in [5.41, 5.74) is 6.29. The number of hydrazone groups is 1. The molecule has 0 saturated heterocycles. The lowest BCUT2D eigenvalue weighted by Gasteiger charge is -2.34. The van der Waals surface area contributed by atoms with Crippen LogP contribution in [0, 0.1) is 20.8 Å². The molecule has 0 spiro atoms. The molecule has 1 atom stereocenters. The van der Waals surface area contributed by atoms with Crippen LogP contribution >= 0.6 is 11.8 Å². The SMILES string of the molecule is Cc1ccc(CSC2=NN3C(=c4ccccc4=N[C@@H]3c3cc(C)ccc3C)C(=O)N2)cc1.